The molecule has 0 spiro atoms. The van der Waals surface area contributed by atoms with Crippen molar-refractivity contribution in [1.29, 1.82) is 0 Å². The number of hydrogen-bond acceptors (Lipinski definition) is 4. The van der Waals surface area contributed by atoms with Crippen molar-refractivity contribution in [3.8, 4) is 5.75 Å². The van der Waals surface area contributed by atoms with Crippen molar-refractivity contribution in [2.24, 2.45) is 0 Å². The second-order valence-electron chi connectivity index (χ2n) is 7.77. The number of carbonyl (C=O) groups excluding carboxylic acids is 2. The van der Waals surface area contributed by atoms with Crippen LogP contribution in [-0.4, -0.2) is 48.9 Å². The number of benzene rings is 3. The van der Waals surface area contributed by atoms with Crippen LogP contribution in [0.3, 0.4) is 0 Å². The molecule has 0 N–H and O–H groups in total. The third kappa shape index (κ3) is 4.97. The fourth-order valence-electron chi connectivity index (χ4n) is 3.79. The van der Waals surface area contributed by atoms with Crippen LogP contribution in [0.1, 0.15) is 22.8 Å². The summed E-state index contributed by atoms with van der Waals surface area (Å²) in [6, 6.07) is 22.3. The molecule has 1 saturated heterocycles. The Labute approximate surface area is 187 Å². The van der Waals surface area contributed by atoms with Crippen LogP contribution in [0.15, 0.2) is 78.9 Å². The van der Waals surface area contributed by atoms with E-state index in [1.165, 1.54) is 30.0 Å². The predicted octanol–water partition coefficient (Wildman–Crippen LogP) is 4.17. The zero-order valence-electron chi connectivity index (χ0n) is 17.9. The topological polar surface area (TPSA) is 49.9 Å². The summed E-state index contributed by atoms with van der Waals surface area (Å²) in [6.07, 6.45) is -0.628. The summed E-state index contributed by atoms with van der Waals surface area (Å²) >= 11 is 0. The molecule has 32 heavy (non-hydrogen) atoms. The molecule has 0 bridgehead atoms. The molecule has 1 aliphatic rings. The summed E-state index contributed by atoms with van der Waals surface area (Å²) in [6.45, 7) is 4.59. The summed E-state index contributed by atoms with van der Waals surface area (Å²) in [5.74, 6) is -0.115. The van der Waals surface area contributed by atoms with Crippen LogP contribution in [0.25, 0.3) is 0 Å². The van der Waals surface area contributed by atoms with Crippen molar-refractivity contribution in [2.45, 2.75) is 13.0 Å². The van der Waals surface area contributed by atoms with E-state index in [0.717, 1.165) is 13.1 Å². The van der Waals surface area contributed by atoms with E-state index in [-0.39, 0.29) is 17.5 Å². The first-order valence-corrected chi connectivity index (χ1v) is 10.7. The second kappa shape index (κ2) is 9.64. The average molecular weight is 432 g/mol. The summed E-state index contributed by atoms with van der Waals surface area (Å²) < 4.78 is 18.9. The van der Waals surface area contributed by atoms with Gasteiger partial charge in [0.2, 0.25) is 0 Å². The minimum absolute atomic E-state index is 0.0517. The molecule has 0 radical (unpaired) electrons. The van der Waals surface area contributed by atoms with E-state index in [9.17, 15) is 14.0 Å². The van der Waals surface area contributed by atoms with Gasteiger partial charge in [0.1, 0.15) is 11.6 Å². The van der Waals surface area contributed by atoms with Gasteiger partial charge in [0.05, 0.1) is 0 Å². The number of carbonyl (C=O) groups is 2. The van der Waals surface area contributed by atoms with Crippen molar-refractivity contribution >= 4 is 17.4 Å². The van der Waals surface area contributed by atoms with Gasteiger partial charge in [-0.25, -0.2) is 4.39 Å². The molecule has 1 unspecified atom stereocenters. The quantitative estimate of drug-likeness (QED) is 0.549. The molecule has 1 aliphatic heterocycles. The lowest BCUT2D eigenvalue weighted by atomic mass is 10.0. The van der Waals surface area contributed by atoms with Crippen molar-refractivity contribution in [2.75, 3.05) is 31.1 Å². The highest BCUT2D eigenvalue weighted by Gasteiger charge is 2.26. The van der Waals surface area contributed by atoms with Crippen molar-refractivity contribution in [1.82, 2.24) is 4.90 Å². The Morgan fingerprint density at radius 2 is 1.38 bits per heavy atom. The molecule has 164 valence electrons. The average Bonchev–Trinajstić information content (AvgIpc) is 2.85. The second-order valence-corrected chi connectivity index (χ2v) is 7.77. The first-order chi connectivity index (χ1) is 15.5. The number of piperazine rings is 1. The van der Waals surface area contributed by atoms with Crippen molar-refractivity contribution in [3.63, 3.8) is 0 Å². The molecule has 0 aromatic heterocycles. The SMILES string of the molecule is CC(Oc1ccc(C(=O)c2ccc(F)cc2)cc1)C(=O)N1CCN(c2ccccc2)CC1. The van der Waals surface area contributed by atoms with Gasteiger partial charge >= 0.3 is 0 Å². The van der Waals surface area contributed by atoms with Gasteiger partial charge in [-0.05, 0) is 67.6 Å². The number of ether oxygens (including phenoxy) is 1. The lowest BCUT2D eigenvalue weighted by Gasteiger charge is -2.37. The molecule has 0 aliphatic carbocycles. The van der Waals surface area contributed by atoms with Crippen LogP contribution < -0.4 is 9.64 Å². The maximum Gasteiger partial charge on any atom is 0.263 e. The summed E-state index contributed by atoms with van der Waals surface area (Å²) in [7, 11) is 0. The molecule has 1 amide bonds. The number of rotatable bonds is 6. The first-order valence-electron chi connectivity index (χ1n) is 10.7. The minimum Gasteiger partial charge on any atom is -0.481 e. The van der Waals surface area contributed by atoms with Gasteiger partial charge < -0.3 is 14.5 Å². The highest BCUT2D eigenvalue weighted by molar-refractivity contribution is 6.09. The highest BCUT2D eigenvalue weighted by Crippen LogP contribution is 2.19. The Morgan fingerprint density at radius 1 is 0.812 bits per heavy atom. The number of amides is 1. The molecule has 4 rings (SSSR count). The molecule has 6 heteroatoms. The van der Waals surface area contributed by atoms with Gasteiger partial charge in [-0.1, -0.05) is 18.2 Å². The van der Waals surface area contributed by atoms with E-state index in [4.69, 9.17) is 4.74 Å². The van der Waals surface area contributed by atoms with Crippen LogP contribution in [0.4, 0.5) is 10.1 Å². The van der Waals surface area contributed by atoms with E-state index in [1.807, 2.05) is 23.1 Å². The standard InChI is InChI=1S/C26H25FN2O3/c1-19(26(31)29-17-15-28(16-18-29)23-5-3-2-4-6-23)32-24-13-9-21(10-14-24)25(30)20-7-11-22(27)12-8-20/h2-14,19H,15-18H2,1H3. The Bertz CT molecular complexity index is 1060. The van der Waals surface area contributed by atoms with E-state index in [2.05, 4.69) is 17.0 Å². The van der Waals surface area contributed by atoms with Crippen LogP contribution in [0.2, 0.25) is 0 Å². The molecule has 1 heterocycles. The Hall–Kier alpha value is -3.67. The van der Waals surface area contributed by atoms with Crippen LogP contribution in [0.5, 0.6) is 5.75 Å². The first kappa shape index (κ1) is 21.6. The van der Waals surface area contributed by atoms with Gasteiger partial charge in [-0.15, -0.1) is 0 Å². The van der Waals surface area contributed by atoms with Crippen LogP contribution >= 0.6 is 0 Å². The van der Waals surface area contributed by atoms with E-state index >= 15 is 0 Å². The summed E-state index contributed by atoms with van der Waals surface area (Å²) in [5, 5.41) is 0. The van der Waals surface area contributed by atoms with E-state index in [0.29, 0.717) is 30.0 Å². The fourth-order valence-corrected chi connectivity index (χ4v) is 3.79. The third-order valence-electron chi connectivity index (χ3n) is 5.60. The molecule has 1 fully saturated rings. The van der Waals surface area contributed by atoms with E-state index in [1.54, 1.807) is 31.2 Å². The third-order valence-corrected chi connectivity index (χ3v) is 5.60. The molecular weight excluding hydrogens is 407 g/mol. The maximum atomic E-state index is 13.1. The van der Waals surface area contributed by atoms with Crippen LogP contribution in [-0.2, 0) is 4.79 Å². The van der Waals surface area contributed by atoms with E-state index < -0.39 is 6.10 Å². The van der Waals surface area contributed by atoms with Gasteiger partial charge in [-0.2, -0.15) is 0 Å². The number of ketones is 1. The molecule has 1 atom stereocenters. The number of nitrogens with zero attached hydrogens (tertiary/aromatic N) is 2. The molecule has 0 saturated carbocycles. The van der Waals surface area contributed by atoms with Crippen molar-refractivity contribution in [3.05, 3.63) is 95.8 Å². The number of anilines is 1. The summed E-state index contributed by atoms with van der Waals surface area (Å²) in [5.41, 5.74) is 2.05. The summed E-state index contributed by atoms with van der Waals surface area (Å²) in [4.78, 5) is 29.4. The molecule has 5 nitrogen and oxygen atoms in total. The number of halogens is 1. The Kier molecular flexibility index (Phi) is 6.50. The molecular formula is C26H25FN2O3. The normalized spacial score (nSPS) is 14.7. The highest BCUT2D eigenvalue weighted by atomic mass is 19.1. The maximum absolute atomic E-state index is 13.1. The largest absolute Gasteiger partial charge is 0.481 e. The van der Waals surface area contributed by atoms with Crippen LogP contribution in [0, 0.1) is 5.82 Å². The Morgan fingerprint density at radius 3 is 1.97 bits per heavy atom. The van der Waals surface area contributed by atoms with Gasteiger partial charge in [0, 0.05) is 43.0 Å². The fraction of sp³-hybridized carbons (Fsp3) is 0.231. The number of para-hydroxylation sites is 1. The van der Waals surface area contributed by atoms with Gasteiger partial charge in [0.25, 0.3) is 5.91 Å². The number of hydrogen-bond donors (Lipinski definition) is 0. The smallest absolute Gasteiger partial charge is 0.263 e. The Balaban J connectivity index is 1.31. The lowest BCUT2D eigenvalue weighted by molar-refractivity contribution is -0.138. The van der Waals surface area contributed by atoms with Gasteiger partial charge in [-0.3, -0.25) is 9.59 Å². The monoisotopic (exact) mass is 432 g/mol. The predicted molar refractivity (Wildman–Crippen MR) is 122 cm³/mol. The lowest BCUT2D eigenvalue weighted by Crippen LogP contribution is -2.52. The zero-order chi connectivity index (χ0) is 22.5. The molecule has 3 aromatic rings. The van der Waals surface area contributed by atoms with Gasteiger partial charge in [0.15, 0.2) is 11.9 Å². The van der Waals surface area contributed by atoms with Crippen molar-refractivity contribution < 1.29 is 18.7 Å². The minimum atomic E-state index is -0.628. The molecule has 3 aromatic carbocycles. The zero-order valence-corrected chi connectivity index (χ0v) is 17.9.